The molecule has 0 saturated heterocycles. The molecule has 2 atom stereocenters. The van der Waals surface area contributed by atoms with E-state index in [0.29, 0.717) is 0 Å². The number of esters is 1. The second-order valence-electron chi connectivity index (χ2n) is 4.78. The van der Waals surface area contributed by atoms with Crippen LogP contribution in [0.4, 0.5) is 0 Å². The number of rotatable bonds is 7. The molecule has 1 rings (SSSR count). The summed E-state index contributed by atoms with van der Waals surface area (Å²) in [6.45, 7) is 3.89. The Balaban J connectivity index is 2.00. The fourth-order valence-electron chi connectivity index (χ4n) is 1.77. The molecule has 16 heavy (non-hydrogen) atoms. The molecule has 0 aromatic carbocycles. The largest absolute Gasteiger partial charge is 0.455 e. The number of hydrogen-bond donors (Lipinski definition) is 1. The van der Waals surface area contributed by atoms with Crippen molar-refractivity contribution in [2.24, 2.45) is 0 Å². The Morgan fingerprint density at radius 1 is 1.44 bits per heavy atom. The van der Waals surface area contributed by atoms with Gasteiger partial charge in [0.15, 0.2) is 0 Å². The molecule has 1 aliphatic heterocycles. The van der Waals surface area contributed by atoms with Gasteiger partial charge in [-0.15, -0.1) is 0 Å². The molecule has 1 aliphatic rings. The maximum absolute atomic E-state index is 10.8. The summed E-state index contributed by atoms with van der Waals surface area (Å²) < 4.78 is 5.03. The van der Waals surface area contributed by atoms with Gasteiger partial charge in [0.25, 0.3) is 0 Å². The van der Waals surface area contributed by atoms with E-state index in [-0.39, 0.29) is 12.1 Å². The summed E-state index contributed by atoms with van der Waals surface area (Å²) in [5.74, 6) is -0.223. The molecule has 0 radical (unpaired) electrons. The highest BCUT2D eigenvalue weighted by Crippen LogP contribution is 2.19. The number of unbranched alkanes of at least 4 members (excludes halogenated alkanes) is 2. The van der Waals surface area contributed by atoms with E-state index in [4.69, 9.17) is 4.74 Å². The van der Waals surface area contributed by atoms with Gasteiger partial charge in [-0.2, -0.15) is 0 Å². The van der Waals surface area contributed by atoms with Crippen LogP contribution in [-0.4, -0.2) is 22.8 Å². The van der Waals surface area contributed by atoms with Gasteiger partial charge >= 0.3 is 5.97 Å². The Bertz CT molecular complexity index is 256. The smallest absolute Gasteiger partial charge is 0.331 e. The van der Waals surface area contributed by atoms with Crippen molar-refractivity contribution in [3.8, 4) is 0 Å². The summed E-state index contributed by atoms with van der Waals surface area (Å²) in [5, 5.41) is 9.79. The first-order chi connectivity index (χ1) is 7.53. The van der Waals surface area contributed by atoms with Crippen LogP contribution in [0.2, 0.25) is 0 Å². The van der Waals surface area contributed by atoms with E-state index in [1.165, 1.54) is 6.08 Å². The SMILES string of the molecule is CCC(C)(O)CCCCC[C@H]1C=CC(=O)O1. The first-order valence-electron chi connectivity index (χ1n) is 6.15. The zero-order valence-electron chi connectivity index (χ0n) is 10.2. The van der Waals surface area contributed by atoms with Crippen LogP contribution in [0, 0.1) is 0 Å². The molecular weight excluding hydrogens is 204 g/mol. The number of cyclic esters (lactones) is 1. The number of ether oxygens (including phenoxy) is 1. The highest BCUT2D eigenvalue weighted by atomic mass is 16.5. The third-order valence-corrected chi connectivity index (χ3v) is 3.18. The van der Waals surface area contributed by atoms with Crippen molar-refractivity contribution < 1.29 is 14.6 Å². The zero-order valence-corrected chi connectivity index (χ0v) is 10.2. The number of hydrogen-bond acceptors (Lipinski definition) is 3. The van der Waals surface area contributed by atoms with Crippen LogP contribution < -0.4 is 0 Å². The Labute approximate surface area is 97.5 Å². The number of carbonyl (C=O) groups excluding carboxylic acids is 1. The van der Waals surface area contributed by atoms with Gasteiger partial charge < -0.3 is 9.84 Å². The Kier molecular flexibility index (Phi) is 5.00. The molecule has 0 aromatic rings. The fourth-order valence-corrected chi connectivity index (χ4v) is 1.77. The van der Waals surface area contributed by atoms with E-state index < -0.39 is 5.60 Å². The van der Waals surface area contributed by atoms with Crippen LogP contribution in [0.1, 0.15) is 52.4 Å². The molecule has 0 aliphatic carbocycles. The molecule has 0 fully saturated rings. The number of carbonyl (C=O) groups is 1. The van der Waals surface area contributed by atoms with Crippen molar-refractivity contribution in [3.63, 3.8) is 0 Å². The van der Waals surface area contributed by atoms with Gasteiger partial charge in [0.1, 0.15) is 6.10 Å². The maximum atomic E-state index is 10.8. The van der Waals surface area contributed by atoms with Gasteiger partial charge in [-0.1, -0.05) is 19.8 Å². The van der Waals surface area contributed by atoms with E-state index in [9.17, 15) is 9.90 Å². The second-order valence-corrected chi connectivity index (χ2v) is 4.78. The van der Waals surface area contributed by atoms with Crippen molar-refractivity contribution in [1.82, 2.24) is 0 Å². The van der Waals surface area contributed by atoms with Crippen molar-refractivity contribution in [2.45, 2.75) is 64.1 Å². The van der Waals surface area contributed by atoms with Crippen LogP contribution in [-0.2, 0) is 9.53 Å². The van der Waals surface area contributed by atoms with Gasteiger partial charge in [-0.25, -0.2) is 4.79 Å². The van der Waals surface area contributed by atoms with Gasteiger partial charge in [-0.05, 0) is 38.7 Å². The van der Waals surface area contributed by atoms with Gasteiger partial charge in [0.2, 0.25) is 0 Å². The molecule has 0 aromatic heterocycles. The molecule has 0 spiro atoms. The van der Waals surface area contributed by atoms with E-state index in [1.807, 2.05) is 19.9 Å². The highest BCUT2D eigenvalue weighted by Gasteiger charge is 2.17. The van der Waals surface area contributed by atoms with Crippen molar-refractivity contribution >= 4 is 5.97 Å². The standard InChI is InChI=1S/C13H22O3/c1-3-13(2,15)10-6-4-5-7-11-8-9-12(14)16-11/h8-9,11,15H,3-7,10H2,1-2H3/t11-,13?/m0/s1. The van der Waals surface area contributed by atoms with E-state index >= 15 is 0 Å². The summed E-state index contributed by atoms with van der Waals surface area (Å²) in [5.41, 5.74) is -0.514. The highest BCUT2D eigenvalue weighted by molar-refractivity contribution is 5.84. The van der Waals surface area contributed by atoms with Crippen molar-refractivity contribution in [3.05, 3.63) is 12.2 Å². The van der Waals surface area contributed by atoms with Crippen molar-refractivity contribution in [1.29, 1.82) is 0 Å². The van der Waals surface area contributed by atoms with Crippen LogP contribution in [0.25, 0.3) is 0 Å². The van der Waals surface area contributed by atoms with Crippen LogP contribution in [0.3, 0.4) is 0 Å². The first-order valence-corrected chi connectivity index (χ1v) is 6.15. The Morgan fingerprint density at radius 3 is 2.75 bits per heavy atom. The summed E-state index contributed by atoms with van der Waals surface area (Å²) in [6.07, 6.45) is 9.01. The average Bonchev–Trinajstić information content (AvgIpc) is 2.64. The quantitative estimate of drug-likeness (QED) is 0.536. The lowest BCUT2D eigenvalue weighted by Gasteiger charge is -2.20. The summed E-state index contributed by atoms with van der Waals surface area (Å²) in [4.78, 5) is 10.8. The van der Waals surface area contributed by atoms with E-state index in [0.717, 1.165) is 38.5 Å². The van der Waals surface area contributed by atoms with Crippen LogP contribution in [0.5, 0.6) is 0 Å². The van der Waals surface area contributed by atoms with E-state index in [1.54, 1.807) is 0 Å². The second kappa shape index (κ2) is 6.04. The Morgan fingerprint density at radius 2 is 2.19 bits per heavy atom. The van der Waals surface area contributed by atoms with E-state index in [2.05, 4.69) is 0 Å². The summed E-state index contributed by atoms with van der Waals surface area (Å²) in [6, 6.07) is 0. The Hall–Kier alpha value is -0.830. The molecule has 92 valence electrons. The van der Waals surface area contributed by atoms with Crippen LogP contribution in [0.15, 0.2) is 12.2 Å². The topological polar surface area (TPSA) is 46.5 Å². The third kappa shape index (κ3) is 4.79. The predicted octanol–water partition coefficient (Wildman–Crippen LogP) is 2.58. The predicted molar refractivity (Wildman–Crippen MR) is 63.0 cm³/mol. The molecule has 0 saturated carbocycles. The molecule has 0 amide bonds. The molecule has 1 N–H and O–H groups in total. The molecule has 3 nitrogen and oxygen atoms in total. The molecule has 0 bridgehead atoms. The normalized spacial score (nSPS) is 23.2. The van der Waals surface area contributed by atoms with Gasteiger partial charge in [0, 0.05) is 6.08 Å². The molecule has 1 unspecified atom stereocenters. The lowest BCUT2D eigenvalue weighted by Crippen LogP contribution is -2.22. The lowest BCUT2D eigenvalue weighted by molar-refractivity contribution is -0.138. The number of aliphatic hydroxyl groups is 1. The zero-order chi connectivity index (χ0) is 12.0. The first kappa shape index (κ1) is 13.2. The maximum Gasteiger partial charge on any atom is 0.331 e. The minimum Gasteiger partial charge on any atom is -0.455 e. The fraction of sp³-hybridized carbons (Fsp3) is 0.769. The molecular formula is C13H22O3. The van der Waals surface area contributed by atoms with Gasteiger partial charge in [0.05, 0.1) is 5.60 Å². The minimum atomic E-state index is -0.514. The average molecular weight is 226 g/mol. The van der Waals surface area contributed by atoms with Crippen LogP contribution >= 0.6 is 0 Å². The minimum absolute atomic E-state index is 0.0146. The third-order valence-electron chi connectivity index (χ3n) is 3.18. The monoisotopic (exact) mass is 226 g/mol. The van der Waals surface area contributed by atoms with Gasteiger partial charge in [-0.3, -0.25) is 0 Å². The lowest BCUT2D eigenvalue weighted by atomic mass is 9.95. The molecule has 3 heteroatoms. The summed E-state index contributed by atoms with van der Waals surface area (Å²) in [7, 11) is 0. The van der Waals surface area contributed by atoms with Crippen molar-refractivity contribution in [2.75, 3.05) is 0 Å². The molecule has 1 heterocycles. The summed E-state index contributed by atoms with van der Waals surface area (Å²) >= 11 is 0.